The minimum Gasteiger partial charge on any atom is -0.294 e. The second-order valence-electron chi connectivity index (χ2n) is 4.59. The molecule has 1 nitrogen and oxygen atoms in total. The van der Waals surface area contributed by atoms with Crippen LogP contribution in [0.3, 0.4) is 0 Å². The van der Waals surface area contributed by atoms with Crippen LogP contribution in [0.2, 0.25) is 0 Å². The molecule has 0 N–H and O–H groups in total. The molecule has 0 spiro atoms. The standard InChI is InChI=1S/C15H22O/c1-3-4-6-9-13(2)12-15(16)14-10-7-5-8-11-14/h5,7-8,10-11,13H,3-4,6,9,12H2,1-2H3/t13-/m0/s1. The van der Waals surface area contributed by atoms with Gasteiger partial charge in [0.05, 0.1) is 0 Å². The molecular weight excluding hydrogens is 196 g/mol. The molecule has 0 aliphatic carbocycles. The summed E-state index contributed by atoms with van der Waals surface area (Å²) >= 11 is 0. The molecule has 1 heteroatoms. The molecule has 0 radical (unpaired) electrons. The topological polar surface area (TPSA) is 17.1 Å². The third kappa shape index (κ3) is 4.61. The second kappa shape index (κ2) is 7.21. The van der Waals surface area contributed by atoms with Crippen molar-refractivity contribution in [2.24, 2.45) is 5.92 Å². The minimum absolute atomic E-state index is 0.282. The Balaban J connectivity index is 2.34. The second-order valence-corrected chi connectivity index (χ2v) is 4.59. The van der Waals surface area contributed by atoms with Crippen LogP contribution in [0.15, 0.2) is 30.3 Å². The molecule has 0 bridgehead atoms. The molecule has 1 aromatic carbocycles. The maximum atomic E-state index is 11.9. The van der Waals surface area contributed by atoms with Gasteiger partial charge in [0.25, 0.3) is 0 Å². The van der Waals surface area contributed by atoms with E-state index in [0.29, 0.717) is 12.3 Å². The van der Waals surface area contributed by atoms with Crippen LogP contribution in [-0.2, 0) is 0 Å². The number of carbonyl (C=O) groups excluding carboxylic acids is 1. The summed E-state index contributed by atoms with van der Waals surface area (Å²) in [6.45, 7) is 4.39. The van der Waals surface area contributed by atoms with Gasteiger partial charge in [-0.15, -0.1) is 0 Å². The Hall–Kier alpha value is -1.11. The number of ketones is 1. The number of Topliss-reactive ketones (excluding diaryl/α,β-unsaturated/α-hetero) is 1. The van der Waals surface area contributed by atoms with Gasteiger partial charge < -0.3 is 0 Å². The first-order valence-electron chi connectivity index (χ1n) is 6.32. The van der Waals surface area contributed by atoms with Gasteiger partial charge >= 0.3 is 0 Å². The van der Waals surface area contributed by atoms with E-state index in [1.165, 1.54) is 25.7 Å². The summed E-state index contributed by atoms with van der Waals surface area (Å²) in [6, 6.07) is 9.60. The van der Waals surface area contributed by atoms with Gasteiger partial charge in [0.2, 0.25) is 0 Å². The van der Waals surface area contributed by atoms with E-state index in [0.717, 1.165) is 5.56 Å². The molecule has 0 saturated carbocycles. The summed E-state index contributed by atoms with van der Waals surface area (Å²) in [6.07, 6.45) is 5.64. The van der Waals surface area contributed by atoms with E-state index in [2.05, 4.69) is 13.8 Å². The van der Waals surface area contributed by atoms with Gasteiger partial charge in [-0.1, -0.05) is 69.9 Å². The number of rotatable bonds is 7. The molecule has 16 heavy (non-hydrogen) atoms. The van der Waals surface area contributed by atoms with Crippen molar-refractivity contribution in [1.82, 2.24) is 0 Å². The number of hydrogen-bond acceptors (Lipinski definition) is 1. The van der Waals surface area contributed by atoms with E-state index in [-0.39, 0.29) is 5.78 Å². The first-order chi connectivity index (χ1) is 7.74. The van der Waals surface area contributed by atoms with Crippen LogP contribution < -0.4 is 0 Å². The third-order valence-corrected chi connectivity index (χ3v) is 2.93. The number of hydrogen-bond donors (Lipinski definition) is 0. The predicted molar refractivity (Wildman–Crippen MR) is 68.7 cm³/mol. The summed E-state index contributed by atoms with van der Waals surface area (Å²) in [5, 5.41) is 0. The molecule has 0 saturated heterocycles. The fourth-order valence-electron chi connectivity index (χ4n) is 1.90. The van der Waals surface area contributed by atoms with Gasteiger partial charge in [-0.25, -0.2) is 0 Å². The fourth-order valence-corrected chi connectivity index (χ4v) is 1.90. The Bertz CT molecular complexity index is 302. The zero-order valence-electron chi connectivity index (χ0n) is 10.4. The lowest BCUT2D eigenvalue weighted by atomic mass is 9.95. The Kier molecular flexibility index (Phi) is 5.84. The Morgan fingerprint density at radius 3 is 2.50 bits per heavy atom. The van der Waals surface area contributed by atoms with Crippen LogP contribution in [-0.4, -0.2) is 5.78 Å². The molecule has 1 rings (SSSR count). The SMILES string of the molecule is CCCCC[C@H](C)CC(=O)c1ccccc1. The van der Waals surface area contributed by atoms with Crippen molar-refractivity contribution in [2.75, 3.05) is 0 Å². The van der Waals surface area contributed by atoms with Crippen molar-refractivity contribution < 1.29 is 4.79 Å². The van der Waals surface area contributed by atoms with Crippen molar-refractivity contribution in [1.29, 1.82) is 0 Å². The van der Waals surface area contributed by atoms with Gasteiger partial charge in [-0.05, 0) is 5.92 Å². The zero-order valence-corrected chi connectivity index (χ0v) is 10.4. The van der Waals surface area contributed by atoms with E-state index in [1.807, 2.05) is 30.3 Å². The van der Waals surface area contributed by atoms with E-state index in [1.54, 1.807) is 0 Å². The van der Waals surface area contributed by atoms with Crippen molar-refractivity contribution >= 4 is 5.78 Å². The molecule has 1 aromatic rings. The van der Waals surface area contributed by atoms with Crippen molar-refractivity contribution in [3.8, 4) is 0 Å². The lowest BCUT2D eigenvalue weighted by Crippen LogP contribution is -2.06. The van der Waals surface area contributed by atoms with Crippen molar-refractivity contribution in [3.05, 3.63) is 35.9 Å². The first kappa shape index (κ1) is 13.0. The van der Waals surface area contributed by atoms with E-state index < -0.39 is 0 Å². The average molecular weight is 218 g/mol. The first-order valence-corrected chi connectivity index (χ1v) is 6.32. The number of benzene rings is 1. The summed E-state index contributed by atoms with van der Waals surface area (Å²) in [7, 11) is 0. The lowest BCUT2D eigenvalue weighted by Gasteiger charge is -2.09. The highest BCUT2D eigenvalue weighted by atomic mass is 16.1. The molecule has 88 valence electrons. The molecule has 0 fully saturated rings. The average Bonchev–Trinajstić information content (AvgIpc) is 2.30. The van der Waals surface area contributed by atoms with Crippen LogP contribution in [0.5, 0.6) is 0 Å². The highest BCUT2D eigenvalue weighted by Crippen LogP contribution is 2.16. The summed E-state index contributed by atoms with van der Waals surface area (Å²) in [5.74, 6) is 0.795. The highest BCUT2D eigenvalue weighted by Gasteiger charge is 2.10. The van der Waals surface area contributed by atoms with Crippen LogP contribution in [0, 0.1) is 5.92 Å². The van der Waals surface area contributed by atoms with Gasteiger partial charge in [0.1, 0.15) is 0 Å². The molecule has 0 amide bonds. The van der Waals surface area contributed by atoms with E-state index in [4.69, 9.17) is 0 Å². The van der Waals surface area contributed by atoms with Crippen molar-refractivity contribution in [2.45, 2.75) is 46.0 Å². The normalized spacial score (nSPS) is 12.4. The number of carbonyl (C=O) groups is 1. The lowest BCUT2D eigenvalue weighted by molar-refractivity contribution is 0.0962. The van der Waals surface area contributed by atoms with Crippen LogP contribution in [0.25, 0.3) is 0 Å². The highest BCUT2D eigenvalue weighted by molar-refractivity contribution is 5.96. The largest absolute Gasteiger partial charge is 0.294 e. The molecule has 0 unspecified atom stereocenters. The smallest absolute Gasteiger partial charge is 0.163 e. The monoisotopic (exact) mass is 218 g/mol. The molecule has 0 aliphatic heterocycles. The van der Waals surface area contributed by atoms with Gasteiger partial charge in [0.15, 0.2) is 5.78 Å². The van der Waals surface area contributed by atoms with E-state index in [9.17, 15) is 4.79 Å². The number of unbranched alkanes of at least 4 members (excludes halogenated alkanes) is 2. The Labute approximate surface area is 98.9 Å². The van der Waals surface area contributed by atoms with Crippen LogP contribution in [0.4, 0.5) is 0 Å². The van der Waals surface area contributed by atoms with Gasteiger partial charge in [-0.2, -0.15) is 0 Å². The fraction of sp³-hybridized carbons (Fsp3) is 0.533. The van der Waals surface area contributed by atoms with Gasteiger partial charge in [0, 0.05) is 12.0 Å². The molecule has 0 aliphatic rings. The zero-order chi connectivity index (χ0) is 11.8. The van der Waals surface area contributed by atoms with E-state index >= 15 is 0 Å². The van der Waals surface area contributed by atoms with Gasteiger partial charge in [-0.3, -0.25) is 4.79 Å². The van der Waals surface area contributed by atoms with Crippen LogP contribution >= 0.6 is 0 Å². The molecule has 1 atom stereocenters. The maximum Gasteiger partial charge on any atom is 0.163 e. The minimum atomic E-state index is 0.282. The predicted octanol–water partition coefficient (Wildman–Crippen LogP) is 4.48. The molecular formula is C15H22O. The maximum absolute atomic E-state index is 11.9. The van der Waals surface area contributed by atoms with Crippen molar-refractivity contribution in [3.63, 3.8) is 0 Å². The Morgan fingerprint density at radius 2 is 1.88 bits per heavy atom. The summed E-state index contributed by atoms with van der Waals surface area (Å²) < 4.78 is 0. The Morgan fingerprint density at radius 1 is 1.19 bits per heavy atom. The summed E-state index contributed by atoms with van der Waals surface area (Å²) in [4.78, 5) is 11.9. The molecule has 0 heterocycles. The third-order valence-electron chi connectivity index (χ3n) is 2.93. The van der Waals surface area contributed by atoms with Crippen LogP contribution in [0.1, 0.15) is 56.3 Å². The summed E-state index contributed by atoms with van der Waals surface area (Å²) in [5.41, 5.74) is 0.852. The quantitative estimate of drug-likeness (QED) is 0.487. The molecule has 0 aromatic heterocycles.